The van der Waals surface area contributed by atoms with E-state index < -0.39 is 0 Å². The van der Waals surface area contributed by atoms with Crippen LogP contribution in [0, 0.1) is 0 Å². The van der Waals surface area contributed by atoms with E-state index in [0.717, 1.165) is 50.0 Å². The Balaban J connectivity index is 1.32. The van der Waals surface area contributed by atoms with E-state index in [4.69, 9.17) is 14.2 Å². The Morgan fingerprint density at radius 2 is 1.73 bits per heavy atom. The van der Waals surface area contributed by atoms with E-state index in [0.29, 0.717) is 12.4 Å². The zero-order valence-electron chi connectivity index (χ0n) is 14.8. The Hall–Kier alpha value is -2.73. The van der Waals surface area contributed by atoms with Crippen LogP contribution < -0.4 is 14.2 Å². The summed E-state index contributed by atoms with van der Waals surface area (Å²) in [6.07, 6.45) is 0. The van der Waals surface area contributed by atoms with Gasteiger partial charge >= 0.3 is 0 Å². The molecule has 0 aliphatic carbocycles. The zero-order valence-corrected chi connectivity index (χ0v) is 14.8. The molecule has 0 aromatic heterocycles. The molecule has 0 radical (unpaired) electrons. The van der Waals surface area contributed by atoms with E-state index in [1.165, 1.54) is 5.56 Å². The third-order valence-corrected chi connectivity index (χ3v) is 4.84. The first-order valence-corrected chi connectivity index (χ1v) is 8.77. The predicted octanol–water partition coefficient (Wildman–Crippen LogP) is 2.38. The molecule has 1 saturated heterocycles. The van der Waals surface area contributed by atoms with Crippen LogP contribution in [0.15, 0.2) is 42.5 Å². The maximum Gasteiger partial charge on any atom is 0.253 e. The smallest absolute Gasteiger partial charge is 0.253 e. The highest BCUT2D eigenvalue weighted by molar-refractivity contribution is 5.94. The molecule has 2 aromatic rings. The van der Waals surface area contributed by atoms with Gasteiger partial charge in [-0.3, -0.25) is 9.69 Å². The third kappa shape index (κ3) is 3.46. The average Bonchev–Trinajstić information content (AvgIpc) is 3.16. The van der Waals surface area contributed by atoms with Gasteiger partial charge in [0, 0.05) is 38.3 Å². The molecule has 0 bridgehead atoms. The summed E-state index contributed by atoms with van der Waals surface area (Å²) in [6, 6.07) is 13.4. The van der Waals surface area contributed by atoms with Gasteiger partial charge in [0.15, 0.2) is 11.5 Å². The van der Waals surface area contributed by atoms with E-state index in [1.807, 2.05) is 41.3 Å². The monoisotopic (exact) mass is 354 g/mol. The molecule has 2 aliphatic rings. The van der Waals surface area contributed by atoms with Crippen molar-refractivity contribution in [1.29, 1.82) is 0 Å². The topological polar surface area (TPSA) is 51.2 Å². The summed E-state index contributed by atoms with van der Waals surface area (Å²) in [5, 5.41) is 0. The highest BCUT2D eigenvalue weighted by Gasteiger charge is 2.23. The molecule has 2 aliphatic heterocycles. The predicted molar refractivity (Wildman–Crippen MR) is 96.7 cm³/mol. The molecule has 0 saturated carbocycles. The zero-order chi connectivity index (χ0) is 17.9. The van der Waals surface area contributed by atoms with Crippen molar-refractivity contribution in [3.8, 4) is 17.2 Å². The second-order valence-corrected chi connectivity index (χ2v) is 6.48. The summed E-state index contributed by atoms with van der Waals surface area (Å²) in [6.45, 7) is 4.32. The molecule has 26 heavy (non-hydrogen) atoms. The largest absolute Gasteiger partial charge is 0.497 e. The van der Waals surface area contributed by atoms with Gasteiger partial charge in [-0.1, -0.05) is 6.07 Å². The Bertz CT molecular complexity index is 783. The van der Waals surface area contributed by atoms with Gasteiger partial charge in [-0.15, -0.1) is 0 Å². The number of fused-ring (bicyclic) bond motifs is 1. The van der Waals surface area contributed by atoms with Gasteiger partial charge in [-0.2, -0.15) is 0 Å². The Morgan fingerprint density at radius 3 is 2.46 bits per heavy atom. The third-order valence-electron chi connectivity index (χ3n) is 4.84. The second kappa shape index (κ2) is 7.25. The minimum absolute atomic E-state index is 0.0791. The van der Waals surface area contributed by atoms with E-state index in [2.05, 4.69) is 11.0 Å². The van der Waals surface area contributed by atoms with Gasteiger partial charge in [0.2, 0.25) is 6.79 Å². The number of hydrogen-bond donors (Lipinski definition) is 0. The molecule has 6 heteroatoms. The molecule has 1 fully saturated rings. The van der Waals surface area contributed by atoms with Crippen molar-refractivity contribution in [3.63, 3.8) is 0 Å². The minimum Gasteiger partial charge on any atom is -0.497 e. The highest BCUT2D eigenvalue weighted by atomic mass is 16.7. The number of amides is 1. The van der Waals surface area contributed by atoms with Gasteiger partial charge in [0.05, 0.1) is 7.11 Å². The van der Waals surface area contributed by atoms with Gasteiger partial charge in [-0.05, 0) is 42.0 Å². The van der Waals surface area contributed by atoms with Gasteiger partial charge in [0.25, 0.3) is 5.91 Å². The molecular formula is C20H22N2O4. The minimum atomic E-state index is 0.0791. The number of rotatable bonds is 4. The standard InChI is InChI=1S/C20H22N2O4/c1-24-17-5-3-16(4-6-17)20(23)22-10-8-21(9-11-22)13-15-2-7-18-19(12-15)26-14-25-18/h2-7,12H,8-11,13-14H2,1H3. The number of carbonyl (C=O) groups is 1. The lowest BCUT2D eigenvalue weighted by Gasteiger charge is -2.34. The van der Waals surface area contributed by atoms with Crippen molar-refractivity contribution >= 4 is 5.91 Å². The van der Waals surface area contributed by atoms with Crippen LogP contribution in [0.25, 0.3) is 0 Å². The number of piperazine rings is 1. The van der Waals surface area contributed by atoms with E-state index in [9.17, 15) is 4.79 Å². The fourth-order valence-corrected chi connectivity index (χ4v) is 3.32. The molecule has 2 aromatic carbocycles. The number of methoxy groups -OCH3 is 1. The maximum atomic E-state index is 12.6. The first kappa shape index (κ1) is 16.7. The van der Waals surface area contributed by atoms with Crippen molar-refractivity contribution < 1.29 is 19.0 Å². The van der Waals surface area contributed by atoms with Crippen molar-refractivity contribution in [3.05, 3.63) is 53.6 Å². The van der Waals surface area contributed by atoms with Crippen LogP contribution >= 0.6 is 0 Å². The normalized spacial score (nSPS) is 16.6. The number of ether oxygens (including phenoxy) is 3. The fourth-order valence-electron chi connectivity index (χ4n) is 3.32. The summed E-state index contributed by atoms with van der Waals surface area (Å²) in [7, 11) is 1.62. The van der Waals surface area contributed by atoms with E-state index in [1.54, 1.807) is 7.11 Å². The maximum absolute atomic E-state index is 12.6. The Labute approximate surface area is 152 Å². The van der Waals surface area contributed by atoms with Gasteiger partial charge in [-0.25, -0.2) is 0 Å². The lowest BCUT2D eigenvalue weighted by atomic mass is 10.1. The molecule has 4 rings (SSSR count). The van der Waals surface area contributed by atoms with Crippen LogP contribution in [0.2, 0.25) is 0 Å². The molecule has 0 N–H and O–H groups in total. The summed E-state index contributed by atoms with van der Waals surface area (Å²) in [5.41, 5.74) is 1.90. The van der Waals surface area contributed by atoms with E-state index >= 15 is 0 Å². The summed E-state index contributed by atoms with van der Waals surface area (Å²) in [5.74, 6) is 2.46. The Kier molecular flexibility index (Phi) is 4.67. The number of benzene rings is 2. The van der Waals surface area contributed by atoms with Crippen molar-refractivity contribution in [2.24, 2.45) is 0 Å². The molecule has 0 atom stereocenters. The summed E-state index contributed by atoms with van der Waals surface area (Å²) >= 11 is 0. The summed E-state index contributed by atoms with van der Waals surface area (Å²) < 4.78 is 15.9. The van der Waals surface area contributed by atoms with Crippen LogP contribution in [0.5, 0.6) is 17.2 Å². The molecule has 2 heterocycles. The number of carbonyl (C=O) groups excluding carboxylic acids is 1. The van der Waals surface area contributed by atoms with Crippen LogP contribution in [-0.2, 0) is 6.54 Å². The molecule has 6 nitrogen and oxygen atoms in total. The van der Waals surface area contributed by atoms with Crippen molar-refractivity contribution in [2.75, 3.05) is 40.1 Å². The van der Waals surface area contributed by atoms with Gasteiger partial charge < -0.3 is 19.1 Å². The summed E-state index contributed by atoms with van der Waals surface area (Å²) in [4.78, 5) is 16.9. The van der Waals surface area contributed by atoms with Crippen molar-refractivity contribution in [2.45, 2.75) is 6.54 Å². The van der Waals surface area contributed by atoms with Crippen molar-refractivity contribution in [1.82, 2.24) is 9.80 Å². The van der Waals surface area contributed by atoms with Crippen LogP contribution in [0.3, 0.4) is 0 Å². The van der Waals surface area contributed by atoms with Crippen LogP contribution in [-0.4, -0.2) is 55.8 Å². The molecule has 136 valence electrons. The average molecular weight is 354 g/mol. The quantitative estimate of drug-likeness (QED) is 0.844. The second-order valence-electron chi connectivity index (χ2n) is 6.48. The highest BCUT2D eigenvalue weighted by Crippen LogP contribution is 2.32. The first-order chi connectivity index (χ1) is 12.7. The number of hydrogen-bond acceptors (Lipinski definition) is 5. The van der Waals surface area contributed by atoms with Crippen LogP contribution in [0.1, 0.15) is 15.9 Å². The fraction of sp³-hybridized carbons (Fsp3) is 0.350. The Morgan fingerprint density at radius 1 is 1.00 bits per heavy atom. The SMILES string of the molecule is COc1ccc(C(=O)N2CCN(Cc3ccc4c(c3)OCO4)CC2)cc1. The molecule has 0 spiro atoms. The first-order valence-electron chi connectivity index (χ1n) is 8.77. The molecular weight excluding hydrogens is 332 g/mol. The van der Waals surface area contributed by atoms with Gasteiger partial charge in [0.1, 0.15) is 5.75 Å². The molecule has 0 unspecified atom stereocenters. The number of nitrogens with zero attached hydrogens (tertiary/aromatic N) is 2. The van der Waals surface area contributed by atoms with E-state index in [-0.39, 0.29) is 5.91 Å². The van der Waals surface area contributed by atoms with Crippen LogP contribution in [0.4, 0.5) is 0 Å². The molecule has 1 amide bonds. The lowest BCUT2D eigenvalue weighted by Crippen LogP contribution is -2.48. The lowest BCUT2D eigenvalue weighted by molar-refractivity contribution is 0.0628.